The fourth-order valence-corrected chi connectivity index (χ4v) is 2.50. The number of carbonyl (C=O) groups excluding carboxylic acids is 1. The molecule has 1 aromatic carbocycles. The first-order valence-corrected chi connectivity index (χ1v) is 6.76. The van der Waals surface area contributed by atoms with E-state index in [4.69, 9.17) is 0 Å². The third kappa shape index (κ3) is 4.33. The van der Waals surface area contributed by atoms with Crippen LogP contribution in [0.15, 0.2) is 24.3 Å². The Kier molecular flexibility index (Phi) is 4.22. The van der Waals surface area contributed by atoms with Crippen LogP contribution in [-0.4, -0.2) is 41.1 Å². The summed E-state index contributed by atoms with van der Waals surface area (Å²) in [5, 5.41) is 12.9. The molecule has 1 saturated heterocycles. The van der Waals surface area contributed by atoms with E-state index in [0.29, 0.717) is 13.1 Å². The second-order valence-electron chi connectivity index (χ2n) is 5.73. The van der Waals surface area contributed by atoms with Gasteiger partial charge in [0.2, 0.25) is 5.91 Å². The van der Waals surface area contributed by atoms with Crippen LogP contribution in [0.4, 0.5) is 5.69 Å². The summed E-state index contributed by atoms with van der Waals surface area (Å²) in [6.45, 7) is 5.62. The van der Waals surface area contributed by atoms with Crippen molar-refractivity contribution in [3.05, 3.63) is 29.8 Å². The Morgan fingerprint density at radius 2 is 2.11 bits per heavy atom. The van der Waals surface area contributed by atoms with Crippen LogP contribution in [0, 0.1) is 6.92 Å². The van der Waals surface area contributed by atoms with Gasteiger partial charge in [-0.2, -0.15) is 0 Å². The molecule has 2 rings (SSSR count). The van der Waals surface area contributed by atoms with Gasteiger partial charge in [0.05, 0.1) is 12.1 Å². The summed E-state index contributed by atoms with van der Waals surface area (Å²) in [5.74, 6) is -0.0263. The number of likely N-dealkylation sites (tertiary alicyclic amines) is 1. The SMILES string of the molecule is Cc1ccc(NC(=O)CN2CCCC(C)(O)C2)cc1. The standard InChI is InChI=1S/C15H22N2O2/c1-12-4-6-13(7-5-12)16-14(18)10-17-9-3-8-15(2,19)11-17/h4-7,19H,3,8-11H2,1-2H3,(H,16,18). The lowest BCUT2D eigenvalue weighted by molar-refractivity contribution is -0.118. The number of hydrogen-bond donors (Lipinski definition) is 2. The highest BCUT2D eigenvalue weighted by Crippen LogP contribution is 2.20. The molecule has 1 aliphatic rings. The molecule has 0 radical (unpaired) electrons. The second kappa shape index (κ2) is 5.72. The van der Waals surface area contributed by atoms with Gasteiger partial charge in [-0.1, -0.05) is 17.7 Å². The Labute approximate surface area is 114 Å². The predicted octanol–water partition coefficient (Wildman–Crippen LogP) is 1.78. The van der Waals surface area contributed by atoms with Crippen molar-refractivity contribution in [1.82, 2.24) is 4.90 Å². The van der Waals surface area contributed by atoms with Crippen LogP contribution < -0.4 is 5.32 Å². The molecule has 0 aliphatic carbocycles. The molecule has 1 aromatic rings. The van der Waals surface area contributed by atoms with Crippen LogP contribution in [0.2, 0.25) is 0 Å². The molecular weight excluding hydrogens is 240 g/mol. The lowest BCUT2D eigenvalue weighted by Crippen LogP contribution is -2.48. The summed E-state index contributed by atoms with van der Waals surface area (Å²) in [4.78, 5) is 13.9. The van der Waals surface area contributed by atoms with Gasteiger partial charge in [-0.25, -0.2) is 0 Å². The van der Waals surface area contributed by atoms with Crippen LogP contribution in [0.5, 0.6) is 0 Å². The van der Waals surface area contributed by atoms with E-state index in [2.05, 4.69) is 5.32 Å². The number of amides is 1. The average Bonchev–Trinajstić information content (AvgIpc) is 2.30. The summed E-state index contributed by atoms with van der Waals surface area (Å²) in [5.41, 5.74) is 1.33. The minimum Gasteiger partial charge on any atom is -0.389 e. The van der Waals surface area contributed by atoms with E-state index in [9.17, 15) is 9.90 Å². The maximum absolute atomic E-state index is 11.9. The molecule has 4 nitrogen and oxygen atoms in total. The molecule has 1 amide bonds. The third-order valence-electron chi connectivity index (χ3n) is 3.46. The molecule has 1 unspecified atom stereocenters. The van der Waals surface area contributed by atoms with Crippen molar-refractivity contribution in [2.24, 2.45) is 0 Å². The zero-order valence-corrected chi connectivity index (χ0v) is 11.6. The maximum atomic E-state index is 11.9. The van der Waals surface area contributed by atoms with Crippen molar-refractivity contribution in [3.63, 3.8) is 0 Å². The highest BCUT2D eigenvalue weighted by atomic mass is 16.3. The summed E-state index contributed by atoms with van der Waals surface area (Å²) >= 11 is 0. The number of benzene rings is 1. The van der Waals surface area contributed by atoms with Gasteiger partial charge in [-0.05, 0) is 45.4 Å². The Balaban J connectivity index is 1.85. The van der Waals surface area contributed by atoms with Gasteiger partial charge in [0.25, 0.3) is 0 Å². The molecule has 104 valence electrons. The lowest BCUT2D eigenvalue weighted by Gasteiger charge is -2.36. The number of β-amino-alcohol motifs (C(OH)–C–C–N with tert-alkyl or cyclic N) is 1. The minimum atomic E-state index is -0.664. The average molecular weight is 262 g/mol. The summed E-state index contributed by atoms with van der Waals surface area (Å²) in [6.07, 6.45) is 1.74. The largest absolute Gasteiger partial charge is 0.389 e. The Morgan fingerprint density at radius 3 is 2.74 bits per heavy atom. The van der Waals surface area contributed by atoms with Crippen LogP contribution in [0.3, 0.4) is 0 Å². The monoisotopic (exact) mass is 262 g/mol. The number of nitrogens with zero attached hydrogens (tertiary/aromatic N) is 1. The van der Waals surface area contributed by atoms with Gasteiger partial charge in [0.15, 0.2) is 0 Å². The first-order chi connectivity index (χ1) is 8.94. The number of aliphatic hydroxyl groups is 1. The molecule has 19 heavy (non-hydrogen) atoms. The fraction of sp³-hybridized carbons (Fsp3) is 0.533. The molecule has 2 N–H and O–H groups in total. The molecule has 1 fully saturated rings. The summed E-state index contributed by atoms with van der Waals surface area (Å²) in [7, 11) is 0. The van der Waals surface area contributed by atoms with Crippen molar-refractivity contribution in [2.45, 2.75) is 32.3 Å². The Bertz CT molecular complexity index is 440. The van der Waals surface area contributed by atoms with Crippen molar-refractivity contribution < 1.29 is 9.90 Å². The van der Waals surface area contributed by atoms with Crippen LogP contribution in [0.1, 0.15) is 25.3 Å². The molecule has 4 heteroatoms. The van der Waals surface area contributed by atoms with Gasteiger partial charge in [0.1, 0.15) is 0 Å². The van der Waals surface area contributed by atoms with E-state index in [1.807, 2.05) is 43.0 Å². The number of aryl methyl sites for hydroxylation is 1. The number of carbonyl (C=O) groups is 1. The molecule has 1 heterocycles. The van der Waals surface area contributed by atoms with Gasteiger partial charge >= 0.3 is 0 Å². The van der Waals surface area contributed by atoms with Gasteiger partial charge in [-0.15, -0.1) is 0 Å². The van der Waals surface area contributed by atoms with E-state index < -0.39 is 5.60 Å². The highest BCUT2D eigenvalue weighted by Gasteiger charge is 2.29. The van der Waals surface area contributed by atoms with Crippen LogP contribution in [0.25, 0.3) is 0 Å². The van der Waals surface area contributed by atoms with Gasteiger partial charge < -0.3 is 10.4 Å². The quantitative estimate of drug-likeness (QED) is 0.873. The Morgan fingerprint density at radius 1 is 1.42 bits per heavy atom. The predicted molar refractivity (Wildman–Crippen MR) is 76.1 cm³/mol. The van der Waals surface area contributed by atoms with E-state index in [1.165, 1.54) is 5.56 Å². The zero-order chi connectivity index (χ0) is 13.9. The first kappa shape index (κ1) is 14.0. The number of hydrogen-bond acceptors (Lipinski definition) is 3. The fourth-order valence-electron chi connectivity index (χ4n) is 2.50. The highest BCUT2D eigenvalue weighted by molar-refractivity contribution is 5.92. The molecule has 0 spiro atoms. The smallest absolute Gasteiger partial charge is 0.238 e. The number of nitrogens with one attached hydrogen (secondary N) is 1. The number of anilines is 1. The lowest BCUT2D eigenvalue weighted by atomic mass is 9.95. The molecule has 0 bridgehead atoms. The van der Waals surface area contributed by atoms with E-state index in [0.717, 1.165) is 25.1 Å². The van der Waals surface area contributed by atoms with Gasteiger partial charge in [-0.3, -0.25) is 9.69 Å². The molecule has 0 saturated carbocycles. The number of rotatable bonds is 3. The summed E-state index contributed by atoms with van der Waals surface area (Å²) in [6, 6.07) is 7.75. The summed E-state index contributed by atoms with van der Waals surface area (Å²) < 4.78 is 0. The van der Waals surface area contributed by atoms with Crippen LogP contribution in [-0.2, 0) is 4.79 Å². The molecule has 1 aliphatic heterocycles. The normalized spacial score (nSPS) is 24.2. The van der Waals surface area contributed by atoms with E-state index in [-0.39, 0.29) is 5.91 Å². The van der Waals surface area contributed by atoms with Crippen molar-refractivity contribution in [1.29, 1.82) is 0 Å². The maximum Gasteiger partial charge on any atom is 0.238 e. The first-order valence-electron chi connectivity index (χ1n) is 6.76. The molecular formula is C15H22N2O2. The van der Waals surface area contributed by atoms with Crippen molar-refractivity contribution in [2.75, 3.05) is 25.0 Å². The van der Waals surface area contributed by atoms with Gasteiger partial charge in [0, 0.05) is 12.2 Å². The van der Waals surface area contributed by atoms with Crippen molar-refractivity contribution >= 4 is 11.6 Å². The van der Waals surface area contributed by atoms with E-state index in [1.54, 1.807) is 0 Å². The van der Waals surface area contributed by atoms with Crippen LogP contribution >= 0.6 is 0 Å². The molecule has 0 aromatic heterocycles. The molecule has 1 atom stereocenters. The zero-order valence-electron chi connectivity index (χ0n) is 11.6. The minimum absolute atomic E-state index is 0.0263. The number of piperidine rings is 1. The van der Waals surface area contributed by atoms with E-state index >= 15 is 0 Å². The second-order valence-corrected chi connectivity index (χ2v) is 5.73. The third-order valence-corrected chi connectivity index (χ3v) is 3.46. The topological polar surface area (TPSA) is 52.6 Å². The Hall–Kier alpha value is -1.39. The van der Waals surface area contributed by atoms with Crippen molar-refractivity contribution in [3.8, 4) is 0 Å².